The Hall–Kier alpha value is -3.22. The van der Waals surface area contributed by atoms with Gasteiger partial charge in [0.05, 0.1) is 17.4 Å². The fraction of sp³-hybridized carbons (Fsp3) is 0.174. The first-order valence-electron chi connectivity index (χ1n) is 9.62. The van der Waals surface area contributed by atoms with Crippen molar-refractivity contribution in [2.24, 2.45) is 5.92 Å². The number of para-hydroxylation sites is 1. The van der Waals surface area contributed by atoms with E-state index in [0.29, 0.717) is 16.3 Å². The summed E-state index contributed by atoms with van der Waals surface area (Å²) in [4.78, 5) is 38.3. The molecule has 2 saturated heterocycles. The molecule has 0 aliphatic carbocycles. The third-order valence-corrected chi connectivity index (χ3v) is 6.06. The van der Waals surface area contributed by atoms with Crippen LogP contribution in [0.5, 0.6) is 0 Å². The number of pyridine rings is 1. The van der Waals surface area contributed by atoms with Gasteiger partial charge in [0.2, 0.25) is 5.91 Å². The van der Waals surface area contributed by atoms with E-state index in [1.165, 1.54) is 4.90 Å². The van der Waals surface area contributed by atoms with Crippen LogP contribution in [-0.4, -0.2) is 22.9 Å². The number of hydroxylamine groups is 1. The van der Waals surface area contributed by atoms with Crippen LogP contribution < -0.4 is 9.96 Å². The highest BCUT2D eigenvalue weighted by molar-refractivity contribution is 6.32. The summed E-state index contributed by atoms with van der Waals surface area (Å²) in [6.45, 7) is 1.80. The van der Waals surface area contributed by atoms with Gasteiger partial charge in [0.15, 0.2) is 6.10 Å². The summed E-state index contributed by atoms with van der Waals surface area (Å²) in [6.07, 6.45) is 2.44. The summed E-state index contributed by atoms with van der Waals surface area (Å²) in [5.41, 5.74) is 2.81. The number of fused-ring (bicyclic) bond motifs is 1. The first kappa shape index (κ1) is 18.8. The second kappa shape index (κ2) is 7.23. The molecule has 3 aromatic rings. The Morgan fingerprint density at radius 3 is 2.40 bits per heavy atom. The summed E-state index contributed by atoms with van der Waals surface area (Å²) in [6, 6.07) is 17.9. The normalized spacial score (nSPS) is 23.2. The topological polar surface area (TPSA) is 62.7 Å². The Bertz CT molecular complexity index is 1120. The minimum absolute atomic E-state index is 0.296. The van der Waals surface area contributed by atoms with Crippen LogP contribution in [0.4, 0.5) is 11.4 Å². The van der Waals surface area contributed by atoms with Gasteiger partial charge >= 0.3 is 0 Å². The molecule has 2 aromatic carbocycles. The molecule has 0 radical (unpaired) electrons. The van der Waals surface area contributed by atoms with Crippen molar-refractivity contribution in [1.29, 1.82) is 0 Å². The van der Waals surface area contributed by atoms with Crippen molar-refractivity contribution in [1.82, 2.24) is 4.98 Å². The Morgan fingerprint density at radius 2 is 1.67 bits per heavy atom. The lowest BCUT2D eigenvalue weighted by atomic mass is 9.91. The van der Waals surface area contributed by atoms with Gasteiger partial charge in [-0.05, 0) is 54.4 Å². The van der Waals surface area contributed by atoms with Gasteiger partial charge < -0.3 is 0 Å². The molecule has 2 aliphatic rings. The van der Waals surface area contributed by atoms with Crippen LogP contribution in [-0.2, 0) is 14.4 Å². The summed E-state index contributed by atoms with van der Waals surface area (Å²) in [5, 5.41) is 2.17. The number of hydrogen-bond donors (Lipinski definition) is 0. The van der Waals surface area contributed by atoms with E-state index in [-0.39, 0.29) is 11.8 Å². The molecule has 0 saturated carbocycles. The second-order valence-electron chi connectivity index (χ2n) is 7.33. The van der Waals surface area contributed by atoms with Gasteiger partial charge in [-0.1, -0.05) is 35.9 Å². The Morgan fingerprint density at radius 1 is 0.933 bits per heavy atom. The van der Waals surface area contributed by atoms with Crippen molar-refractivity contribution >= 4 is 34.8 Å². The van der Waals surface area contributed by atoms with Gasteiger partial charge in [-0.3, -0.25) is 19.4 Å². The summed E-state index contributed by atoms with van der Waals surface area (Å²) >= 11 is 6.24. The van der Waals surface area contributed by atoms with Crippen LogP contribution in [0, 0.1) is 12.8 Å². The minimum Gasteiger partial charge on any atom is -0.273 e. The average Bonchev–Trinajstić information content (AvgIpc) is 3.28. The Kier molecular flexibility index (Phi) is 4.53. The third-order valence-electron chi connectivity index (χ3n) is 5.65. The van der Waals surface area contributed by atoms with E-state index in [4.69, 9.17) is 16.4 Å². The quantitative estimate of drug-likeness (QED) is 0.598. The maximum Gasteiger partial charge on any atom is 0.266 e. The van der Waals surface area contributed by atoms with E-state index in [1.54, 1.807) is 42.6 Å². The van der Waals surface area contributed by atoms with Gasteiger partial charge in [0.25, 0.3) is 5.91 Å². The number of anilines is 2. The molecule has 2 aliphatic heterocycles. The van der Waals surface area contributed by atoms with Crippen LogP contribution in [0.15, 0.2) is 73.1 Å². The highest BCUT2D eigenvalue weighted by atomic mass is 35.5. The number of imide groups is 1. The lowest BCUT2D eigenvalue weighted by Gasteiger charge is -2.29. The number of rotatable bonds is 3. The highest BCUT2D eigenvalue weighted by Gasteiger charge is 2.60. The Balaban J connectivity index is 1.60. The average molecular weight is 420 g/mol. The van der Waals surface area contributed by atoms with Crippen LogP contribution >= 0.6 is 11.6 Å². The number of nitrogens with zero attached hydrogens (tertiary/aromatic N) is 3. The zero-order valence-corrected chi connectivity index (χ0v) is 16.9. The molecular formula is C23H18ClN3O3. The molecule has 150 valence electrons. The van der Waals surface area contributed by atoms with E-state index < -0.39 is 18.1 Å². The fourth-order valence-electron chi connectivity index (χ4n) is 4.19. The van der Waals surface area contributed by atoms with Crippen molar-refractivity contribution < 1.29 is 14.4 Å². The molecule has 7 heteroatoms. The summed E-state index contributed by atoms with van der Waals surface area (Å²) < 4.78 is 0. The van der Waals surface area contributed by atoms with Crippen LogP contribution in [0.3, 0.4) is 0 Å². The minimum atomic E-state index is -0.908. The van der Waals surface area contributed by atoms with E-state index in [1.807, 2.05) is 42.5 Å². The molecule has 1 aromatic heterocycles. The molecule has 5 rings (SSSR count). The van der Waals surface area contributed by atoms with Crippen LogP contribution in [0.2, 0.25) is 5.02 Å². The summed E-state index contributed by atoms with van der Waals surface area (Å²) in [5.74, 6) is -1.36. The SMILES string of the molecule is Cc1c(Cl)cccc1N1C(=O)[C@H]2[C@@H](c3ccncc3)N(c3ccccc3)O[C@H]2C1=O. The molecule has 30 heavy (non-hydrogen) atoms. The number of benzene rings is 2. The predicted molar refractivity (Wildman–Crippen MR) is 113 cm³/mol. The zero-order chi connectivity index (χ0) is 20.8. The van der Waals surface area contributed by atoms with Gasteiger partial charge in [-0.15, -0.1) is 0 Å². The van der Waals surface area contributed by atoms with E-state index in [9.17, 15) is 9.59 Å². The number of amides is 2. The molecule has 0 unspecified atom stereocenters. The van der Waals surface area contributed by atoms with Crippen molar-refractivity contribution in [2.45, 2.75) is 19.1 Å². The zero-order valence-electron chi connectivity index (χ0n) is 16.1. The number of carbonyl (C=O) groups excluding carboxylic acids is 2. The number of carbonyl (C=O) groups is 2. The van der Waals surface area contributed by atoms with Gasteiger partial charge in [0.1, 0.15) is 5.92 Å². The first-order valence-corrected chi connectivity index (χ1v) is 9.99. The van der Waals surface area contributed by atoms with Gasteiger partial charge in [-0.2, -0.15) is 0 Å². The number of aromatic nitrogens is 1. The van der Waals surface area contributed by atoms with E-state index >= 15 is 0 Å². The third kappa shape index (κ3) is 2.80. The number of halogens is 1. The monoisotopic (exact) mass is 419 g/mol. The second-order valence-corrected chi connectivity index (χ2v) is 7.74. The largest absolute Gasteiger partial charge is 0.273 e. The standard InChI is InChI=1S/C23H18ClN3O3/c1-14-17(24)8-5-9-18(14)26-22(28)19-20(15-10-12-25-13-11-15)27(30-21(19)23(26)29)16-6-3-2-4-7-16/h2-13,19-21H,1H3/t19-,20+,21+/m0/s1. The molecule has 6 nitrogen and oxygen atoms in total. The maximum atomic E-state index is 13.6. The highest BCUT2D eigenvalue weighted by Crippen LogP contribution is 2.48. The van der Waals surface area contributed by atoms with E-state index in [2.05, 4.69) is 4.98 Å². The summed E-state index contributed by atoms with van der Waals surface area (Å²) in [7, 11) is 0. The molecule has 3 heterocycles. The lowest BCUT2D eigenvalue weighted by Crippen LogP contribution is -2.37. The van der Waals surface area contributed by atoms with Crippen molar-refractivity contribution in [3.8, 4) is 0 Å². The molecule has 3 atom stereocenters. The molecule has 2 fully saturated rings. The first-order chi connectivity index (χ1) is 14.6. The van der Waals surface area contributed by atoms with Crippen LogP contribution in [0.25, 0.3) is 0 Å². The van der Waals surface area contributed by atoms with Crippen molar-refractivity contribution in [2.75, 3.05) is 9.96 Å². The molecular weight excluding hydrogens is 402 g/mol. The lowest BCUT2D eigenvalue weighted by molar-refractivity contribution is -0.126. The smallest absolute Gasteiger partial charge is 0.266 e. The molecule has 0 spiro atoms. The maximum absolute atomic E-state index is 13.6. The molecule has 0 N–H and O–H groups in total. The van der Waals surface area contributed by atoms with Crippen molar-refractivity contribution in [3.05, 3.63) is 89.2 Å². The molecule has 2 amide bonds. The van der Waals surface area contributed by atoms with Gasteiger partial charge in [0, 0.05) is 17.4 Å². The van der Waals surface area contributed by atoms with Crippen molar-refractivity contribution in [3.63, 3.8) is 0 Å². The Labute approximate surface area is 178 Å². The predicted octanol–water partition coefficient (Wildman–Crippen LogP) is 4.09. The molecule has 0 bridgehead atoms. The van der Waals surface area contributed by atoms with Gasteiger partial charge in [-0.25, -0.2) is 9.96 Å². The van der Waals surface area contributed by atoms with Crippen LogP contribution in [0.1, 0.15) is 17.2 Å². The number of hydrogen-bond acceptors (Lipinski definition) is 5. The van der Waals surface area contributed by atoms with E-state index in [0.717, 1.165) is 11.3 Å². The fourth-order valence-corrected chi connectivity index (χ4v) is 4.36.